The first kappa shape index (κ1) is 14.8. The van der Waals surface area contributed by atoms with E-state index in [0.29, 0.717) is 22.1 Å². The second-order valence-corrected chi connectivity index (χ2v) is 6.27. The molecule has 98 valence electrons. The van der Waals surface area contributed by atoms with Crippen molar-refractivity contribution >= 4 is 60.7 Å². The van der Waals surface area contributed by atoms with Crippen molar-refractivity contribution < 1.29 is 4.74 Å². The summed E-state index contributed by atoms with van der Waals surface area (Å²) in [5.41, 5.74) is 6.36. The third kappa shape index (κ3) is 3.48. The second kappa shape index (κ2) is 6.22. The van der Waals surface area contributed by atoms with E-state index in [2.05, 4.69) is 31.9 Å². The molecule has 0 aliphatic rings. The Kier molecular flexibility index (Phi) is 4.84. The van der Waals surface area contributed by atoms with Crippen LogP contribution in [0.3, 0.4) is 0 Å². The van der Waals surface area contributed by atoms with Crippen molar-refractivity contribution in [2.75, 3.05) is 0 Å². The van der Waals surface area contributed by atoms with Gasteiger partial charge in [-0.25, -0.2) is 0 Å². The lowest BCUT2D eigenvalue weighted by Crippen LogP contribution is -2.11. The fourth-order valence-corrected chi connectivity index (χ4v) is 2.90. The zero-order chi connectivity index (χ0) is 14.0. The lowest BCUT2D eigenvalue weighted by atomic mass is 10.2. The molecule has 0 aliphatic heterocycles. The highest BCUT2D eigenvalue weighted by atomic mass is 79.9. The summed E-state index contributed by atoms with van der Waals surface area (Å²) in [5.74, 6) is 1.09. The van der Waals surface area contributed by atoms with Crippen LogP contribution in [0.15, 0.2) is 45.3 Å². The molecule has 0 aliphatic carbocycles. The Bertz CT molecular complexity index is 649. The molecule has 0 saturated heterocycles. The highest BCUT2D eigenvalue weighted by Crippen LogP contribution is 2.35. The molecule has 2 rings (SSSR count). The van der Waals surface area contributed by atoms with E-state index < -0.39 is 0 Å². The molecule has 2 nitrogen and oxygen atoms in total. The molecule has 0 bridgehead atoms. The summed E-state index contributed by atoms with van der Waals surface area (Å²) in [6.07, 6.45) is 0. The minimum Gasteiger partial charge on any atom is -0.455 e. The SMILES string of the molecule is NC(=S)c1c(Br)cccc1Oc1cc(Br)ccc1Cl. The Morgan fingerprint density at radius 3 is 2.58 bits per heavy atom. The van der Waals surface area contributed by atoms with Gasteiger partial charge in [0.2, 0.25) is 0 Å². The van der Waals surface area contributed by atoms with Crippen LogP contribution in [0, 0.1) is 0 Å². The van der Waals surface area contributed by atoms with Crippen molar-refractivity contribution in [1.82, 2.24) is 0 Å². The molecule has 2 aromatic carbocycles. The Balaban J connectivity index is 2.46. The van der Waals surface area contributed by atoms with Crippen LogP contribution < -0.4 is 10.5 Å². The average Bonchev–Trinajstić information content (AvgIpc) is 2.33. The lowest BCUT2D eigenvalue weighted by molar-refractivity contribution is 0.481. The number of rotatable bonds is 3. The van der Waals surface area contributed by atoms with Crippen molar-refractivity contribution in [3.8, 4) is 11.5 Å². The van der Waals surface area contributed by atoms with Crippen molar-refractivity contribution in [3.05, 3.63) is 55.9 Å². The van der Waals surface area contributed by atoms with Gasteiger partial charge in [-0.15, -0.1) is 0 Å². The third-order valence-corrected chi connectivity index (χ3v) is 4.01. The first-order valence-electron chi connectivity index (χ1n) is 5.20. The van der Waals surface area contributed by atoms with Crippen molar-refractivity contribution in [2.24, 2.45) is 5.73 Å². The normalized spacial score (nSPS) is 10.3. The number of nitrogens with two attached hydrogens (primary N) is 1. The van der Waals surface area contributed by atoms with Crippen LogP contribution in [0.5, 0.6) is 11.5 Å². The average molecular weight is 422 g/mol. The molecule has 19 heavy (non-hydrogen) atoms. The molecule has 0 heterocycles. The molecular formula is C13H8Br2ClNOS. The maximum atomic E-state index is 6.10. The summed E-state index contributed by atoms with van der Waals surface area (Å²) in [6, 6.07) is 10.9. The van der Waals surface area contributed by atoms with E-state index in [1.807, 2.05) is 18.2 Å². The van der Waals surface area contributed by atoms with E-state index >= 15 is 0 Å². The molecular weight excluding hydrogens is 413 g/mol. The molecule has 0 aromatic heterocycles. The molecule has 0 atom stereocenters. The number of hydrogen-bond donors (Lipinski definition) is 1. The van der Waals surface area contributed by atoms with Crippen LogP contribution in [0.1, 0.15) is 5.56 Å². The molecule has 6 heteroatoms. The van der Waals surface area contributed by atoms with E-state index in [4.69, 9.17) is 34.3 Å². The summed E-state index contributed by atoms with van der Waals surface area (Å²) in [5, 5.41) is 0.511. The highest BCUT2D eigenvalue weighted by Gasteiger charge is 2.13. The fraction of sp³-hybridized carbons (Fsp3) is 0. The van der Waals surface area contributed by atoms with Crippen LogP contribution in [0.25, 0.3) is 0 Å². The first-order valence-corrected chi connectivity index (χ1v) is 7.57. The predicted molar refractivity (Wildman–Crippen MR) is 89.3 cm³/mol. The van der Waals surface area contributed by atoms with Gasteiger partial charge in [0.25, 0.3) is 0 Å². The summed E-state index contributed by atoms with van der Waals surface area (Å²) in [7, 11) is 0. The van der Waals surface area contributed by atoms with Gasteiger partial charge in [0.05, 0.1) is 10.6 Å². The minimum atomic E-state index is 0.258. The number of hydrogen-bond acceptors (Lipinski definition) is 2. The predicted octanol–water partition coefficient (Wildman–Crippen LogP) is 5.29. The van der Waals surface area contributed by atoms with Gasteiger partial charge in [-0.2, -0.15) is 0 Å². The molecule has 0 saturated carbocycles. The van der Waals surface area contributed by atoms with Crippen LogP contribution in [-0.2, 0) is 0 Å². The largest absolute Gasteiger partial charge is 0.455 e. The quantitative estimate of drug-likeness (QED) is 0.684. The summed E-state index contributed by atoms with van der Waals surface area (Å²) in [6.45, 7) is 0. The van der Waals surface area contributed by atoms with Gasteiger partial charge in [-0.3, -0.25) is 0 Å². The molecule has 0 amide bonds. The van der Waals surface area contributed by atoms with E-state index in [1.54, 1.807) is 18.2 Å². The number of benzene rings is 2. The van der Waals surface area contributed by atoms with Gasteiger partial charge < -0.3 is 10.5 Å². The van der Waals surface area contributed by atoms with E-state index in [-0.39, 0.29) is 4.99 Å². The Labute approximate surface area is 138 Å². The van der Waals surface area contributed by atoms with Crippen LogP contribution >= 0.6 is 55.7 Å². The molecule has 0 radical (unpaired) electrons. The third-order valence-electron chi connectivity index (χ3n) is 2.33. The molecule has 0 fully saturated rings. The summed E-state index contributed by atoms with van der Waals surface area (Å²) >= 11 is 17.9. The molecule has 2 N–H and O–H groups in total. The van der Waals surface area contributed by atoms with E-state index in [9.17, 15) is 0 Å². The minimum absolute atomic E-state index is 0.258. The van der Waals surface area contributed by atoms with E-state index in [0.717, 1.165) is 8.95 Å². The van der Waals surface area contributed by atoms with Crippen LogP contribution in [0.4, 0.5) is 0 Å². The van der Waals surface area contributed by atoms with E-state index in [1.165, 1.54) is 0 Å². The van der Waals surface area contributed by atoms with Crippen molar-refractivity contribution in [2.45, 2.75) is 0 Å². The Hall–Kier alpha value is -0.620. The zero-order valence-electron chi connectivity index (χ0n) is 9.49. The van der Waals surface area contributed by atoms with Gasteiger partial charge in [0, 0.05) is 8.95 Å². The Morgan fingerprint density at radius 1 is 1.16 bits per heavy atom. The number of thiocarbonyl (C=S) groups is 1. The molecule has 2 aromatic rings. The standard InChI is InChI=1S/C13H8Br2ClNOS/c14-7-4-5-9(16)11(6-7)18-10-3-1-2-8(15)12(10)13(17)19/h1-6H,(H2,17,19). The smallest absolute Gasteiger partial charge is 0.147 e. The lowest BCUT2D eigenvalue weighted by Gasteiger charge is -2.13. The highest BCUT2D eigenvalue weighted by molar-refractivity contribution is 9.10. The second-order valence-electron chi connectivity index (χ2n) is 3.65. The maximum absolute atomic E-state index is 6.10. The topological polar surface area (TPSA) is 35.2 Å². The number of ether oxygens (including phenoxy) is 1. The van der Waals surface area contributed by atoms with Crippen LogP contribution in [0.2, 0.25) is 5.02 Å². The van der Waals surface area contributed by atoms with Gasteiger partial charge in [-0.1, -0.05) is 45.8 Å². The molecule has 0 spiro atoms. The molecule has 0 unspecified atom stereocenters. The van der Waals surface area contributed by atoms with Gasteiger partial charge >= 0.3 is 0 Å². The fourth-order valence-electron chi connectivity index (χ4n) is 1.50. The zero-order valence-corrected chi connectivity index (χ0v) is 14.2. The Morgan fingerprint density at radius 2 is 1.89 bits per heavy atom. The number of halogens is 3. The van der Waals surface area contributed by atoms with Gasteiger partial charge in [-0.05, 0) is 46.3 Å². The maximum Gasteiger partial charge on any atom is 0.147 e. The monoisotopic (exact) mass is 419 g/mol. The van der Waals surface area contributed by atoms with Crippen molar-refractivity contribution in [1.29, 1.82) is 0 Å². The van der Waals surface area contributed by atoms with Gasteiger partial charge in [0.15, 0.2) is 0 Å². The van der Waals surface area contributed by atoms with Crippen LogP contribution in [-0.4, -0.2) is 4.99 Å². The van der Waals surface area contributed by atoms with Crippen molar-refractivity contribution in [3.63, 3.8) is 0 Å². The van der Waals surface area contributed by atoms with Gasteiger partial charge in [0.1, 0.15) is 16.5 Å². The summed E-state index contributed by atoms with van der Waals surface area (Å²) in [4.78, 5) is 0.258. The summed E-state index contributed by atoms with van der Waals surface area (Å²) < 4.78 is 7.46. The first-order chi connectivity index (χ1) is 8.99.